The molecule has 16 heteroatoms. The molecule has 0 unspecified atom stereocenters. The van der Waals surface area contributed by atoms with Crippen molar-refractivity contribution in [3.63, 3.8) is 0 Å². The van der Waals surface area contributed by atoms with Gasteiger partial charge in [0.05, 0.1) is 0 Å². The highest BCUT2D eigenvalue weighted by Crippen LogP contribution is 2.62. The van der Waals surface area contributed by atoms with E-state index in [0.717, 1.165) is 63.0 Å². The predicted molar refractivity (Wildman–Crippen MR) is 132 cm³/mol. The van der Waals surface area contributed by atoms with Crippen LogP contribution < -0.4 is 0 Å². The average molecular weight is 681 g/mol. The molecule has 0 bridgehead atoms. The molecule has 45 heavy (non-hydrogen) atoms. The zero-order valence-corrected chi connectivity index (χ0v) is 23.8. The van der Waals surface area contributed by atoms with E-state index in [0.29, 0.717) is 42.4 Å². The third-order valence-electron chi connectivity index (χ3n) is 9.28. The number of carbonyl (C=O) groups excluding carboxylic acids is 1. The predicted octanol–water partition coefficient (Wildman–Crippen LogP) is 11.1. The molecule has 0 radical (unpaired) electrons. The van der Waals surface area contributed by atoms with Crippen LogP contribution in [-0.2, 0) is 0 Å². The number of hydrogen-bond donors (Lipinski definition) is 0. The summed E-state index contributed by atoms with van der Waals surface area (Å²) in [5.74, 6) is -49.6. The molecule has 2 fully saturated rings. The van der Waals surface area contributed by atoms with Crippen LogP contribution in [0, 0.1) is 17.8 Å². The summed E-state index contributed by atoms with van der Waals surface area (Å²) in [6.07, 6.45) is 2.14. The first-order chi connectivity index (χ1) is 20.4. The molecule has 0 saturated heterocycles. The lowest BCUT2D eigenvalue weighted by atomic mass is 9.68. The van der Waals surface area contributed by atoms with Gasteiger partial charge in [-0.15, -0.1) is 0 Å². The molecule has 258 valence electrons. The van der Waals surface area contributed by atoms with Gasteiger partial charge in [0.1, 0.15) is 0 Å². The van der Waals surface area contributed by atoms with Crippen LogP contribution in [0.5, 0.6) is 0 Å². The van der Waals surface area contributed by atoms with E-state index >= 15 is 0 Å². The third-order valence-corrected chi connectivity index (χ3v) is 9.28. The van der Waals surface area contributed by atoms with Gasteiger partial charge in [-0.3, -0.25) is 4.79 Å². The fourth-order valence-electron chi connectivity index (χ4n) is 6.48. The van der Waals surface area contributed by atoms with E-state index in [4.69, 9.17) is 0 Å². The molecule has 3 rings (SSSR count). The van der Waals surface area contributed by atoms with Crippen molar-refractivity contribution in [2.45, 2.75) is 119 Å². The van der Waals surface area contributed by atoms with E-state index in [9.17, 15) is 70.7 Å². The Morgan fingerprint density at radius 2 is 0.978 bits per heavy atom. The van der Waals surface area contributed by atoms with E-state index in [2.05, 4.69) is 6.92 Å². The molecule has 0 amide bonds. The summed E-state index contributed by atoms with van der Waals surface area (Å²) in [7, 11) is 0. The number of alkyl halides is 15. The van der Waals surface area contributed by atoms with E-state index < -0.39 is 53.1 Å². The second-order valence-corrected chi connectivity index (χ2v) is 12.1. The second kappa shape index (κ2) is 12.5. The van der Waals surface area contributed by atoms with Gasteiger partial charge in [-0.25, -0.2) is 0 Å². The summed E-state index contributed by atoms with van der Waals surface area (Å²) in [5.41, 5.74) is -0.995. The standard InChI is InChI=1S/C29H31F15O/c1-2-3-16-4-6-17(7-5-16)18-8-10-19(11-9-18)20-12-14-21(15-13-20)22(45)23(30,31)24(32,33)25(34,35)26(36,37)27(38,39)28(40,41)29(42,43)44/h12-19H,2-11H2,1H3. The van der Waals surface area contributed by atoms with Crippen LogP contribution in [0.1, 0.15) is 93.0 Å². The molecule has 1 aromatic carbocycles. The van der Waals surface area contributed by atoms with Crippen molar-refractivity contribution in [1.82, 2.24) is 0 Å². The molecular weight excluding hydrogens is 649 g/mol. The van der Waals surface area contributed by atoms with Gasteiger partial charge in [0.2, 0.25) is 5.78 Å². The fourth-order valence-corrected chi connectivity index (χ4v) is 6.48. The van der Waals surface area contributed by atoms with Gasteiger partial charge in [0, 0.05) is 5.56 Å². The van der Waals surface area contributed by atoms with Crippen LogP contribution >= 0.6 is 0 Å². The molecule has 0 N–H and O–H groups in total. The van der Waals surface area contributed by atoms with Crippen molar-refractivity contribution in [1.29, 1.82) is 0 Å². The van der Waals surface area contributed by atoms with Gasteiger partial charge < -0.3 is 0 Å². The minimum atomic E-state index is -8.43. The lowest BCUT2D eigenvalue weighted by Crippen LogP contribution is -2.73. The molecule has 0 aliphatic heterocycles. The Hall–Kier alpha value is -2.16. The number of halogens is 15. The van der Waals surface area contributed by atoms with E-state index in [1.54, 1.807) is 0 Å². The normalized spacial score (nSPS) is 24.9. The van der Waals surface area contributed by atoms with E-state index in [1.165, 1.54) is 6.42 Å². The smallest absolute Gasteiger partial charge is 0.287 e. The SMILES string of the molecule is CCCC1CCC(C2CCC(c3ccc(C(=O)C(F)(F)C(F)(F)C(F)(F)C(F)(F)C(F)(F)C(F)(F)C(F)(F)F)cc3)CC2)CC1. The zero-order chi connectivity index (χ0) is 34.4. The van der Waals surface area contributed by atoms with Crippen LogP contribution in [-0.4, -0.2) is 47.5 Å². The largest absolute Gasteiger partial charge is 0.460 e. The summed E-state index contributed by atoms with van der Waals surface area (Å²) in [6.45, 7) is 2.14. The average Bonchev–Trinajstić information content (AvgIpc) is 2.96. The molecule has 1 nitrogen and oxygen atoms in total. The van der Waals surface area contributed by atoms with E-state index in [1.807, 2.05) is 0 Å². The Balaban J connectivity index is 1.74. The Kier molecular flexibility index (Phi) is 10.3. The van der Waals surface area contributed by atoms with Gasteiger partial charge in [0.15, 0.2) is 0 Å². The van der Waals surface area contributed by atoms with Crippen LogP contribution in [0.3, 0.4) is 0 Å². The van der Waals surface area contributed by atoms with Gasteiger partial charge in [-0.05, 0) is 67.8 Å². The first-order valence-corrected chi connectivity index (χ1v) is 14.4. The van der Waals surface area contributed by atoms with Crippen molar-refractivity contribution in [2.24, 2.45) is 17.8 Å². The number of carbonyl (C=O) groups is 1. The van der Waals surface area contributed by atoms with Crippen molar-refractivity contribution in [2.75, 3.05) is 0 Å². The first-order valence-electron chi connectivity index (χ1n) is 14.4. The summed E-state index contributed by atoms with van der Waals surface area (Å²) < 4.78 is 202. The van der Waals surface area contributed by atoms with Crippen molar-refractivity contribution < 1.29 is 70.7 Å². The monoisotopic (exact) mass is 680 g/mol. The van der Waals surface area contributed by atoms with Crippen molar-refractivity contribution >= 4 is 5.78 Å². The summed E-state index contributed by atoms with van der Waals surface area (Å²) >= 11 is 0. The quantitative estimate of drug-likeness (QED) is 0.168. The molecule has 0 spiro atoms. The van der Waals surface area contributed by atoms with Crippen LogP contribution in [0.25, 0.3) is 0 Å². The van der Waals surface area contributed by atoms with Gasteiger partial charge >= 0.3 is 41.7 Å². The number of ketones is 1. The maximum atomic E-state index is 14.4. The summed E-state index contributed by atoms with van der Waals surface area (Å²) in [4.78, 5) is 12.1. The lowest BCUT2D eigenvalue weighted by Gasteiger charge is -2.41. The zero-order valence-electron chi connectivity index (χ0n) is 23.8. The third kappa shape index (κ3) is 6.28. The maximum Gasteiger partial charge on any atom is 0.460 e. The van der Waals surface area contributed by atoms with Gasteiger partial charge in [-0.1, -0.05) is 56.9 Å². The Labute approximate surface area is 248 Å². The molecule has 2 aliphatic carbocycles. The number of Topliss-reactive ketones (excluding diaryl/α,β-unsaturated/α-hetero) is 1. The van der Waals surface area contributed by atoms with Gasteiger partial charge in [-0.2, -0.15) is 65.9 Å². The molecular formula is C29H31F15O. The number of hydrogen-bond acceptors (Lipinski definition) is 1. The number of rotatable bonds is 11. The first kappa shape index (κ1) is 37.3. The topological polar surface area (TPSA) is 17.1 Å². The van der Waals surface area contributed by atoms with Crippen molar-refractivity contribution in [3.8, 4) is 0 Å². The number of benzene rings is 1. The maximum absolute atomic E-state index is 14.4. The van der Waals surface area contributed by atoms with Crippen LogP contribution in [0.4, 0.5) is 65.9 Å². The molecule has 2 aliphatic rings. The molecule has 1 aromatic rings. The van der Waals surface area contributed by atoms with Crippen LogP contribution in [0.2, 0.25) is 0 Å². The molecule has 2 saturated carbocycles. The highest BCUT2D eigenvalue weighted by atomic mass is 19.4. The Bertz CT molecular complexity index is 1160. The second-order valence-electron chi connectivity index (χ2n) is 12.1. The molecule has 0 heterocycles. The highest BCUT2D eigenvalue weighted by molar-refractivity contribution is 6.02. The Morgan fingerprint density at radius 1 is 0.578 bits per heavy atom. The summed E-state index contributed by atoms with van der Waals surface area (Å²) in [5, 5.41) is 0. The van der Waals surface area contributed by atoms with Gasteiger partial charge in [0.25, 0.3) is 0 Å². The minimum absolute atomic E-state index is 0.149. The van der Waals surface area contributed by atoms with E-state index in [-0.39, 0.29) is 5.92 Å². The van der Waals surface area contributed by atoms with Crippen molar-refractivity contribution in [3.05, 3.63) is 35.4 Å². The summed E-state index contributed by atoms with van der Waals surface area (Å²) in [6, 6.07) is 3.05. The van der Waals surface area contributed by atoms with Crippen LogP contribution in [0.15, 0.2) is 24.3 Å². The highest BCUT2D eigenvalue weighted by Gasteiger charge is 2.94. The fraction of sp³-hybridized carbons (Fsp3) is 0.759. The Morgan fingerprint density at radius 3 is 1.40 bits per heavy atom. The minimum Gasteiger partial charge on any atom is -0.287 e. The lowest BCUT2D eigenvalue weighted by molar-refractivity contribution is -0.449. The molecule has 0 atom stereocenters. The molecule has 0 aromatic heterocycles.